The molecule has 1 aromatic carbocycles. The number of aliphatic hydroxyl groups is 1. The third kappa shape index (κ3) is 3.53. The Kier molecular flexibility index (Phi) is 3.65. The highest BCUT2D eigenvalue weighted by atomic mass is 19.4. The third-order valence-corrected chi connectivity index (χ3v) is 2.90. The lowest BCUT2D eigenvalue weighted by molar-refractivity contribution is -0.274. The molecular formula is C12H14F3NO2. The number of rotatable bonds is 3. The average molecular weight is 261 g/mol. The van der Waals surface area contributed by atoms with E-state index in [0.717, 1.165) is 19.3 Å². The molecular weight excluding hydrogens is 247 g/mol. The van der Waals surface area contributed by atoms with Gasteiger partial charge in [0.1, 0.15) is 5.75 Å². The molecule has 18 heavy (non-hydrogen) atoms. The Balaban J connectivity index is 2.03. The standard InChI is InChI=1S/C12H14F3NO2/c13-12(14,15)18-9-4-1-3-8(7-9)16-10-5-2-6-11(10)17/h1,3-4,7,10-11,16-17H,2,5-6H2. The smallest absolute Gasteiger partial charge is 0.406 e. The van der Waals surface area contributed by atoms with Crippen LogP contribution in [0.15, 0.2) is 24.3 Å². The first-order chi connectivity index (χ1) is 8.44. The molecule has 2 rings (SSSR count). The number of benzene rings is 1. The van der Waals surface area contributed by atoms with Gasteiger partial charge in [0.05, 0.1) is 12.1 Å². The molecule has 0 heterocycles. The fraction of sp³-hybridized carbons (Fsp3) is 0.500. The van der Waals surface area contributed by atoms with Gasteiger partial charge in [0, 0.05) is 11.8 Å². The summed E-state index contributed by atoms with van der Waals surface area (Å²) in [6, 6.07) is 5.53. The van der Waals surface area contributed by atoms with Crippen molar-refractivity contribution < 1.29 is 23.0 Å². The van der Waals surface area contributed by atoms with Crippen molar-refractivity contribution in [1.29, 1.82) is 0 Å². The fourth-order valence-electron chi connectivity index (χ4n) is 2.11. The van der Waals surface area contributed by atoms with Crippen molar-refractivity contribution in [3.05, 3.63) is 24.3 Å². The van der Waals surface area contributed by atoms with Gasteiger partial charge in [0.2, 0.25) is 0 Å². The molecule has 1 aliphatic carbocycles. The van der Waals surface area contributed by atoms with Crippen molar-refractivity contribution in [2.75, 3.05) is 5.32 Å². The Morgan fingerprint density at radius 2 is 2.06 bits per heavy atom. The number of ether oxygens (including phenoxy) is 1. The molecule has 0 amide bonds. The fourth-order valence-corrected chi connectivity index (χ4v) is 2.11. The van der Waals surface area contributed by atoms with Gasteiger partial charge in [-0.3, -0.25) is 0 Å². The Bertz CT molecular complexity index is 409. The van der Waals surface area contributed by atoms with E-state index < -0.39 is 12.5 Å². The van der Waals surface area contributed by atoms with Gasteiger partial charge < -0.3 is 15.2 Å². The molecule has 1 fully saturated rings. The molecule has 6 heteroatoms. The summed E-state index contributed by atoms with van der Waals surface area (Å²) in [5.41, 5.74) is 0.516. The van der Waals surface area contributed by atoms with Crippen molar-refractivity contribution in [2.45, 2.75) is 37.8 Å². The zero-order valence-electron chi connectivity index (χ0n) is 9.57. The van der Waals surface area contributed by atoms with Crippen LogP contribution in [-0.4, -0.2) is 23.6 Å². The number of nitrogens with one attached hydrogen (secondary N) is 1. The molecule has 2 atom stereocenters. The Morgan fingerprint density at radius 3 is 2.67 bits per heavy atom. The van der Waals surface area contributed by atoms with Gasteiger partial charge in [0.15, 0.2) is 0 Å². The van der Waals surface area contributed by atoms with Crippen molar-refractivity contribution in [2.24, 2.45) is 0 Å². The molecule has 1 saturated carbocycles. The summed E-state index contributed by atoms with van der Waals surface area (Å²) in [6.07, 6.45) is -2.69. The lowest BCUT2D eigenvalue weighted by Gasteiger charge is -2.18. The van der Waals surface area contributed by atoms with E-state index in [1.165, 1.54) is 18.2 Å². The quantitative estimate of drug-likeness (QED) is 0.879. The first-order valence-corrected chi connectivity index (χ1v) is 5.74. The Hall–Kier alpha value is -1.43. The molecule has 1 aromatic rings. The molecule has 0 spiro atoms. The molecule has 3 nitrogen and oxygen atoms in total. The molecule has 2 unspecified atom stereocenters. The maximum absolute atomic E-state index is 12.1. The molecule has 0 bridgehead atoms. The number of aliphatic hydroxyl groups excluding tert-OH is 1. The van der Waals surface area contributed by atoms with Crippen LogP contribution in [0.25, 0.3) is 0 Å². The number of hydrogen-bond acceptors (Lipinski definition) is 3. The minimum Gasteiger partial charge on any atom is -0.406 e. The van der Waals surface area contributed by atoms with Gasteiger partial charge in [0.25, 0.3) is 0 Å². The zero-order valence-corrected chi connectivity index (χ0v) is 9.57. The van der Waals surface area contributed by atoms with E-state index in [2.05, 4.69) is 10.1 Å². The lowest BCUT2D eigenvalue weighted by atomic mass is 10.2. The molecule has 0 aliphatic heterocycles. The summed E-state index contributed by atoms with van der Waals surface area (Å²) in [7, 11) is 0. The summed E-state index contributed by atoms with van der Waals surface area (Å²) in [5.74, 6) is -0.264. The lowest BCUT2D eigenvalue weighted by Crippen LogP contribution is -2.27. The molecule has 0 radical (unpaired) electrons. The van der Waals surface area contributed by atoms with Gasteiger partial charge >= 0.3 is 6.36 Å². The van der Waals surface area contributed by atoms with Gasteiger partial charge in [-0.25, -0.2) is 0 Å². The molecule has 100 valence electrons. The molecule has 0 saturated heterocycles. The average Bonchev–Trinajstić information content (AvgIpc) is 2.62. The highest BCUT2D eigenvalue weighted by Gasteiger charge is 2.31. The Morgan fingerprint density at radius 1 is 1.28 bits per heavy atom. The maximum atomic E-state index is 12.1. The molecule has 0 aromatic heterocycles. The van der Waals surface area contributed by atoms with E-state index >= 15 is 0 Å². The van der Waals surface area contributed by atoms with Crippen molar-refractivity contribution in [3.63, 3.8) is 0 Å². The number of anilines is 1. The van der Waals surface area contributed by atoms with E-state index in [0.29, 0.717) is 5.69 Å². The van der Waals surface area contributed by atoms with Crippen LogP contribution < -0.4 is 10.1 Å². The van der Waals surface area contributed by atoms with Gasteiger partial charge in [-0.05, 0) is 31.4 Å². The van der Waals surface area contributed by atoms with E-state index in [4.69, 9.17) is 0 Å². The van der Waals surface area contributed by atoms with Crippen molar-refractivity contribution >= 4 is 5.69 Å². The maximum Gasteiger partial charge on any atom is 0.573 e. The first-order valence-electron chi connectivity index (χ1n) is 5.74. The topological polar surface area (TPSA) is 41.5 Å². The highest BCUT2D eigenvalue weighted by Crippen LogP contribution is 2.27. The SMILES string of the molecule is OC1CCCC1Nc1cccc(OC(F)(F)F)c1. The van der Waals surface area contributed by atoms with E-state index in [-0.39, 0.29) is 11.8 Å². The second kappa shape index (κ2) is 5.06. The predicted molar refractivity (Wildman–Crippen MR) is 60.4 cm³/mol. The van der Waals surface area contributed by atoms with Crippen LogP contribution in [0, 0.1) is 0 Å². The van der Waals surface area contributed by atoms with Crippen LogP contribution in [-0.2, 0) is 0 Å². The predicted octanol–water partition coefficient (Wildman–Crippen LogP) is 2.91. The monoisotopic (exact) mass is 261 g/mol. The van der Waals surface area contributed by atoms with E-state index in [1.807, 2.05) is 0 Å². The van der Waals surface area contributed by atoms with Crippen LogP contribution in [0.2, 0.25) is 0 Å². The highest BCUT2D eigenvalue weighted by molar-refractivity contribution is 5.49. The van der Waals surface area contributed by atoms with Crippen molar-refractivity contribution in [1.82, 2.24) is 0 Å². The second-order valence-corrected chi connectivity index (χ2v) is 4.32. The summed E-state index contributed by atoms with van der Waals surface area (Å²) in [6.45, 7) is 0. The van der Waals surface area contributed by atoms with Crippen LogP contribution >= 0.6 is 0 Å². The minimum atomic E-state index is -4.69. The van der Waals surface area contributed by atoms with Crippen LogP contribution in [0.5, 0.6) is 5.75 Å². The molecule has 2 N–H and O–H groups in total. The van der Waals surface area contributed by atoms with Crippen LogP contribution in [0.1, 0.15) is 19.3 Å². The number of hydrogen-bond donors (Lipinski definition) is 2. The van der Waals surface area contributed by atoms with Gasteiger partial charge in [-0.2, -0.15) is 0 Å². The number of alkyl halides is 3. The van der Waals surface area contributed by atoms with Crippen molar-refractivity contribution in [3.8, 4) is 5.75 Å². The minimum absolute atomic E-state index is 0.105. The van der Waals surface area contributed by atoms with Gasteiger partial charge in [-0.15, -0.1) is 13.2 Å². The van der Waals surface area contributed by atoms with Crippen LogP contribution in [0.3, 0.4) is 0 Å². The van der Waals surface area contributed by atoms with E-state index in [1.54, 1.807) is 6.07 Å². The normalized spacial score (nSPS) is 24.0. The number of halogens is 3. The summed E-state index contributed by atoms with van der Waals surface area (Å²) < 4.78 is 40.0. The summed E-state index contributed by atoms with van der Waals surface area (Å²) in [4.78, 5) is 0. The second-order valence-electron chi connectivity index (χ2n) is 4.32. The van der Waals surface area contributed by atoms with Crippen LogP contribution in [0.4, 0.5) is 18.9 Å². The summed E-state index contributed by atoms with van der Waals surface area (Å²) >= 11 is 0. The largest absolute Gasteiger partial charge is 0.573 e. The summed E-state index contributed by atoms with van der Waals surface area (Å²) in [5, 5.41) is 12.7. The Labute approximate surface area is 103 Å². The van der Waals surface area contributed by atoms with E-state index in [9.17, 15) is 18.3 Å². The van der Waals surface area contributed by atoms with Gasteiger partial charge in [-0.1, -0.05) is 6.07 Å². The zero-order chi connectivity index (χ0) is 13.2. The first kappa shape index (κ1) is 13.0. The third-order valence-electron chi connectivity index (χ3n) is 2.90. The molecule has 1 aliphatic rings.